The number of aromatic nitrogens is 2. The fraction of sp³-hybridized carbons (Fsp3) is 0.450. The fourth-order valence-corrected chi connectivity index (χ4v) is 3.62. The summed E-state index contributed by atoms with van der Waals surface area (Å²) < 4.78 is 5.37. The Morgan fingerprint density at radius 2 is 2.00 bits per heavy atom. The number of nitrogens with zero attached hydrogens (tertiary/aromatic N) is 4. The Balaban J connectivity index is 1.43. The van der Waals surface area contributed by atoms with E-state index in [2.05, 4.69) is 26.3 Å². The van der Waals surface area contributed by atoms with Gasteiger partial charge in [-0.05, 0) is 25.0 Å². The molecule has 2 aliphatic heterocycles. The second kappa shape index (κ2) is 8.02. The molecule has 142 valence electrons. The van der Waals surface area contributed by atoms with Gasteiger partial charge in [-0.1, -0.05) is 18.2 Å². The first-order valence-corrected chi connectivity index (χ1v) is 9.50. The van der Waals surface area contributed by atoms with E-state index in [0.29, 0.717) is 23.9 Å². The summed E-state index contributed by atoms with van der Waals surface area (Å²) in [6.45, 7) is 7.73. The van der Waals surface area contributed by atoms with Gasteiger partial charge in [0.2, 0.25) is 0 Å². The number of aryl methyl sites for hydroxylation is 1. The SMILES string of the molecule is Cc1nc(NCCN2CCOCC2)cc(C(=O)N2CCc3ccccc32)n1. The molecule has 7 nitrogen and oxygen atoms in total. The maximum atomic E-state index is 13.0. The highest BCUT2D eigenvalue weighted by molar-refractivity contribution is 6.06. The number of anilines is 2. The third-order valence-electron chi connectivity index (χ3n) is 5.03. The Bertz CT molecular complexity index is 820. The molecular weight excluding hydrogens is 342 g/mol. The van der Waals surface area contributed by atoms with E-state index in [0.717, 1.165) is 51.5 Å². The Kier molecular flexibility index (Phi) is 5.31. The second-order valence-corrected chi connectivity index (χ2v) is 6.90. The van der Waals surface area contributed by atoms with Gasteiger partial charge in [-0.25, -0.2) is 9.97 Å². The monoisotopic (exact) mass is 367 g/mol. The summed E-state index contributed by atoms with van der Waals surface area (Å²) in [6.07, 6.45) is 0.886. The summed E-state index contributed by atoms with van der Waals surface area (Å²) in [5.41, 5.74) is 2.63. The molecule has 2 aromatic rings. The van der Waals surface area contributed by atoms with Crippen LogP contribution in [0.1, 0.15) is 21.9 Å². The van der Waals surface area contributed by atoms with Gasteiger partial charge in [0.25, 0.3) is 5.91 Å². The summed E-state index contributed by atoms with van der Waals surface area (Å²) in [5.74, 6) is 1.23. The second-order valence-electron chi connectivity index (χ2n) is 6.90. The molecule has 1 aromatic heterocycles. The predicted octanol–water partition coefficient (Wildman–Crippen LogP) is 1.73. The van der Waals surface area contributed by atoms with Crippen LogP contribution in [0.3, 0.4) is 0 Å². The summed E-state index contributed by atoms with van der Waals surface area (Å²) >= 11 is 0. The van der Waals surface area contributed by atoms with Gasteiger partial charge in [0.15, 0.2) is 0 Å². The molecule has 0 aliphatic carbocycles. The number of hydrogen-bond donors (Lipinski definition) is 1. The third kappa shape index (κ3) is 4.09. The van der Waals surface area contributed by atoms with Crippen LogP contribution in [-0.2, 0) is 11.2 Å². The van der Waals surface area contributed by atoms with Crippen LogP contribution in [0.4, 0.5) is 11.5 Å². The first kappa shape index (κ1) is 17.9. The number of rotatable bonds is 5. The van der Waals surface area contributed by atoms with Crippen molar-refractivity contribution in [3.63, 3.8) is 0 Å². The van der Waals surface area contributed by atoms with Gasteiger partial charge in [0.05, 0.1) is 13.2 Å². The smallest absolute Gasteiger partial charge is 0.277 e. The van der Waals surface area contributed by atoms with E-state index in [1.54, 1.807) is 6.07 Å². The highest BCUT2D eigenvalue weighted by Gasteiger charge is 2.26. The zero-order chi connectivity index (χ0) is 18.6. The minimum absolute atomic E-state index is 0.0679. The molecule has 0 unspecified atom stereocenters. The maximum absolute atomic E-state index is 13.0. The van der Waals surface area contributed by atoms with Gasteiger partial charge in [-0.2, -0.15) is 0 Å². The van der Waals surface area contributed by atoms with E-state index < -0.39 is 0 Å². The number of carbonyl (C=O) groups is 1. The van der Waals surface area contributed by atoms with Crippen molar-refractivity contribution < 1.29 is 9.53 Å². The molecule has 2 aliphatic rings. The molecular formula is C20H25N5O2. The van der Waals surface area contributed by atoms with Crippen LogP contribution in [0.15, 0.2) is 30.3 Å². The Morgan fingerprint density at radius 1 is 1.19 bits per heavy atom. The number of nitrogens with one attached hydrogen (secondary N) is 1. The van der Waals surface area contributed by atoms with E-state index >= 15 is 0 Å². The van der Waals surface area contributed by atoms with Crippen molar-refractivity contribution >= 4 is 17.4 Å². The average Bonchev–Trinajstić information content (AvgIpc) is 3.12. The number of amides is 1. The molecule has 3 heterocycles. The maximum Gasteiger partial charge on any atom is 0.277 e. The van der Waals surface area contributed by atoms with Crippen molar-refractivity contribution in [2.75, 3.05) is 56.2 Å². The number of carbonyl (C=O) groups excluding carboxylic acids is 1. The highest BCUT2D eigenvalue weighted by Crippen LogP contribution is 2.28. The number of ether oxygens (including phenoxy) is 1. The van der Waals surface area contributed by atoms with Gasteiger partial charge < -0.3 is 15.0 Å². The molecule has 4 rings (SSSR count). The van der Waals surface area contributed by atoms with Crippen LogP contribution in [0.5, 0.6) is 0 Å². The zero-order valence-corrected chi connectivity index (χ0v) is 15.6. The van der Waals surface area contributed by atoms with Crippen LogP contribution >= 0.6 is 0 Å². The van der Waals surface area contributed by atoms with Crippen molar-refractivity contribution in [2.24, 2.45) is 0 Å². The van der Waals surface area contributed by atoms with Crippen LogP contribution in [0, 0.1) is 6.92 Å². The lowest BCUT2D eigenvalue weighted by Gasteiger charge is -2.26. The summed E-state index contributed by atoms with van der Waals surface area (Å²) in [4.78, 5) is 26.0. The number of hydrogen-bond acceptors (Lipinski definition) is 6. The van der Waals surface area contributed by atoms with E-state index in [9.17, 15) is 4.79 Å². The van der Waals surface area contributed by atoms with E-state index in [1.165, 1.54) is 5.56 Å². The molecule has 0 atom stereocenters. The Labute approximate surface area is 159 Å². The first-order chi connectivity index (χ1) is 13.2. The molecule has 1 fully saturated rings. The van der Waals surface area contributed by atoms with Crippen molar-refractivity contribution in [1.29, 1.82) is 0 Å². The normalized spacial score (nSPS) is 17.0. The molecule has 0 radical (unpaired) electrons. The zero-order valence-electron chi connectivity index (χ0n) is 15.6. The molecule has 7 heteroatoms. The Hall–Kier alpha value is -2.51. The van der Waals surface area contributed by atoms with Gasteiger partial charge in [0.1, 0.15) is 17.3 Å². The van der Waals surface area contributed by atoms with Gasteiger partial charge in [-0.15, -0.1) is 0 Å². The lowest BCUT2D eigenvalue weighted by molar-refractivity contribution is 0.0398. The van der Waals surface area contributed by atoms with Crippen LogP contribution in [0.25, 0.3) is 0 Å². The third-order valence-corrected chi connectivity index (χ3v) is 5.03. The Morgan fingerprint density at radius 3 is 2.85 bits per heavy atom. The van der Waals surface area contributed by atoms with Crippen LogP contribution in [-0.4, -0.2) is 66.7 Å². The summed E-state index contributed by atoms with van der Waals surface area (Å²) in [7, 11) is 0. The van der Waals surface area contributed by atoms with Crippen molar-refractivity contribution in [3.8, 4) is 0 Å². The standard InChI is InChI=1S/C20H25N5O2/c1-15-22-17(20(26)25-8-6-16-4-2-3-5-18(16)25)14-19(23-15)21-7-9-24-10-12-27-13-11-24/h2-5,14H,6-13H2,1H3,(H,21,22,23). The minimum atomic E-state index is -0.0679. The number of fused-ring (bicyclic) bond motifs is 1. The van der Waals surface area contributed by atoms with Gasteiger partial charge in [0, 0.05) is 44.5 Å². The van der Waals surface area contributed by atoms with E-state index in [1.807, 2.05) is 30.0 Å². The molecule has 0 saturated carbocycles. The van der Waals surface area contributed by atoms with Crippen LogP contribution in [0.2, 0.25) is 0 Å². The lowest BCUT2D eigenvalue weighted by atomic mass is 10.2. The van der Waals surface area contributed by atoms with Crippen molar-refractivity contribution in [1.82, 2.24) is 14.9 Å². The number of benzene rings is 1. The molecule has 27 heavy (non-hydrogen) atoms. The van der Waals surface area contributed by atoms with Crippen molar-refractivity contribution in [2.45, 2.75) is 13.3 Å². The van der Waals surface area contributed by atoms with E-state index in [-0.39, 0.29) is 5.91 Å². The molecule has 1 amide bonds. The minimum Gasteiger partial charge on any atom is -0.379 e. The van der Waals surface area contributed by atoms with Crippen LogP contribution < -0.4 is 10.2 Å². The quantitative estimate of drug-likeness (QED) is 0.868. The summed E-state index contributed by atoms with van der Waals surface area (Å²) in [6, 6.07) is 9.81. The molecule has 1 N–H and O–H groups in total. The van der Waals surface area contributed by atoms with Crippen molar-refractivity contribution in [3.05, 3.63) is 47.4 Å². The molecule has 1 aromatic carbocycles. The average molecular weight is 367 g/mol. The molecule has 0 bridgehead atoms. The first-order valence-electron chi connectivity index (χ1n) is 9.50. The predicted molar refractivity (Wildman–Crippen MR) is 104 cm³/mol. The number of morpholine rings is 1. The largest absolute Gasteiger partial charge is 0.379 e. The van der Waals surface area contributed by atoms with Gasteiger partial charge in [-0.3, -0.25) is 9.69 Å². The topological polar surface area (TPSA) is 70.6 Å². The number of para-hydroxylation sites is 1. The van der Waals surface area contributed by atoms with Gasteiger partial charge >= 0.3 is 0 Å². The fourth-order valence-electron chi connectivity index (χ4n) is 3.62. The summed E-state index contributed by atoms with van der Waals surface area (Å²) in [5, 5.41) is 3.33. The molecule has 0 spiro atoms. The lowest BCUT2D eigenvalue weighted by Crippen LogP contribution is -2.39. The highest BCUT2D eigenvalue weighted by atomic mass is 16.5. The molecule has 1 saturated heterocycles. The van der Waals surface area contributed by atoms with E-state index in [4.69, 9.17) is 4.74 Å².